The molecule has 0 saturated heterocycles. The molecule has 0 bridgehead atoms. The molecule has 37 heavy (non-hydrogen) atoms. The number of hydrazone groups is 1. The van der Waals surface area contributed by atoms with E-state index in [1.807, 2.05) is 51.1 Å². The van der Waals surface area contributed by atoms with Gasteiger partial charge in [-0.3, -0.25) is 14.4 Å². The lowest BCUT2D eigenvalue weighted by Crippen LogP contribution is -2.32. The van der Waals surface area contributed by atoms with Crippen molar-refractivity contribution >= 4 is 51.2 Å². The van der Waals surface area contributed by atoms with Crippen molar-refractivity contribution in [1.29, 1.82) is 0 Å². The Balaban J connectivity index is 1.55. The number of anilines is 2. The molecule has 0 aliphatic carbocycles. The van der Waals surface area contributed by atoms with Gasteiger partial charge in [0, 0.05) is 15.8 Å². The number of nitrogens with one attached hydrogen (secondary N) is 3. The highest BCUT2D eigenvalue weighted by Crippen LogP contribution is 2.28. The van der Waals surface area contributed by atoms with E-state index < -0.39 is 11.8 Å². The van der Waals surface area contributed by atoms with Crippen LogP contribution in [0.1, 0.15) is 22.3 Å². The lowest BCUT2D eigenvalue weighted by Gasteiger charge is -2.12. The second kappa shape index (κ2) is 12.7. The van der Waals surface area contributed by atoms with Gasteiger partial charge in [0.1, 0.15) is 0 Å². The molecule has 0 aliphatic rings. The van der Waals surface area contributed by atoms with E-state index in [1.165, 1.54) is 13.3 Å². The molecule has 3 aromatic rings. The molecule has 9 nitrogen and oxygen atoms in total. The Labute approximate surface area is 223 Å². The number of methoxy groups -OCH3 is 1. The topological polar surface area (TPSA) is 118 Å². The number of ether oxygens (including phenoxy) is 2. The highest BCUT2D eigenvalue weighted by Gasteiger charge is 2.15. The molecule has 0 aromatic heterocycles. The molecule has 0 radical (unpaired) electrons. The summed E-state index contributed by atoms with van der Waals surface area (Å²) in [6, 6.07) is 16.0. The van der Waals surface area contributed by atoms with Gasteiger partial charge in [0.2, 0.25) is 0 Å². The summed E-state index contributed by atoms with van der Waals surface area (Å²) >= 11 is 3.39. The number of hydrogen-bond acceptors (Lipinski definition) is 6. The van der Waals surface area contributed by atoms with Gasteiger partial charge in [-0.05, 0) is 79.4 Å². The summed E-state index contributed by atoms with van der Waals surface area (Å²) in [6.07, 6.45) is 1.36. The van der Waals surface area contributed by atoms with E-state index in [4.69, 9.17) is 9.47 Å². The maximum absolute atomic E-state index is 12.3. The Morgan fingerprint density at radius 3 is 2.30 bits per heavy atom. The van der Waals surface area contributed by atoms with Crippen molar-refractivity contribution in [1.82, 2.24) is 5.43 Å². The van der Waals surface area contributed by atoms with Crippen LogP contribution in [-0.4, -0.2) is 37.7 Å². The Bertz CT molecular complexity index is 1340. The molecule has 0 saturated carbocycles. The van der Waals surface area contributed by atoms with Crippen LogP contribution in [0.5, 0.6) is 11.5 Å². The minimum Gasteiger partial charge on any atom is -0.493 e. The van der Waals surface area contributed by atoms with Gasteiger partial charge in [-0.1, -0.05) is 34.1 Å². The van der Waals surface area contributed by atoms with E-state index in [0.29, 0.717) is 28.4 Å². The number of halogens is 1. The van der Waals surface area contributed by atoms with Gasteiger partial charge in [0.25, 0.3) is 5.91 Å². The van der Waals surface area contributed by atoms with Crippen molar-refractivity contribution in [3.05, 3.63) is 81.3 Å². The number of carbonyl (C=O) groups excluding carboxylic acids is 3. The fraction of sp³-hybridized carbons (Fsp3) is 0.185. The first-order valence-electron chi connectivity index (χ1n) is 11.3. The zero-order valence-corrected chi connectivity index (χ0v) is 22.4. The van der Waals surface area contributed by atoms with Crippen molar-refractivity contribution in [3.63, 3.8) is 0 Å². The van der Waals surface area contributed by atoms with Gasteiger partial charge < -0.3 is 20.1 Å². The van der Waals surface area contributed by atoms with Crippen molar-refractivity contribution in [2.24, 2.45) is 5.10 Å². The lowest BCUT2D eigenvalue weighted by atomic mass is 10.1. The largest absolute Gasteiger partial charge is 0.493 e. The molecule has 0 aliphatic heterocycles. The van der Waals surface area contributed by atoms with E-state index in [1.54, 1.807) is 24.3 Å². The Hall–Kier alpha value is -4.18. The standard InChI is InChI=1S/C27H27BrN4O5/c1-16-6-5-7-17(2)25(16)31-26(34)27(35)32-29-14-19-8-11-22(23(13-19)36-4)37-15-24(33)30-21-10-9-20(28)12-18(21)3/h5-14H,15H2,1-4H3,(H,30,33)(H,31,34)(H,32,35)/b29-14-. The molecule has 3 N–H and O–H groups in total. The van der Waals surface area contributed by atoms with Gasteiger partial charge in [0.05, 0.1) is 13.3 Å². The van der Waals surface area contributed by atoms with Crippen LogP contribution >= 0.6 is 15.9 Å². The van der Waals surface area contributed by atoms with E-state index in [-0.39, 0.29) is 12.5 Å². The SMILES string of the molecule is COc1cc(/C=N\NC(=O)C(=O)Nc2c(C)cccc2C)ccc1OCC(=O)Nc1ccc(Br)cc1C. The summed E-state index contributed by atoms with van der Waals surface area (Å²) in [7, 11) is 1.47. The van der Waals surface area contributed by atoms with Crippen LogP contribution in [0.2, 0.25) is 0 Å². The average molecular weight is 567 g/mol. The van der Waals surface area contributed by atoms with Crippen LogP contribution in [-0.2, 0) is 14.4 Å². The number of nitrogens with zero attached hydrogens (tertiary/aromatic N) is 1. The minimum atomic E-state index is -0.905. The molecule has 192 valence electrons. The van der Waals surface area contributed by atoms with Crippen LogP contribution < -0.4 is 25.5 Å². The third kappa shape index (κ3) is 7.65. The van der Waals surface area contributed by atoms with Crippen molar-refractivity contribution in [3.8, 4) is 11.5 Å². The number of hydrogen-bond donors (Lipinski definition) is 3. The molecule has 0 unspecified atom stereocenters. The van der Waals surface area contributed by atoms with Crippen LogP contribution in [0.3, 0.4) is 0 Å². The highest BCUT2D eigenvalue weighted by atomic mass is 79.9. The summed E-state index contributed by atoms with van der Waals surface area (Å²) in [6.45, 7) is 5.36. The van der Waals surface area contributed by atoms with E-state index in [9.17, 15) is 14.4 Å². The summed E-state index contributed by atoms with van der Waals surface area (Å²) in [4.78, 5) is 36.7. The number of amides is 3. The maximum atomic E-state index is 12.3. The number of para-hydroxylation sites is 1. The number of benzene rings is 3. The quantitative estimate of drug-likeness (QED) is 0.211. The number of carbonyl (C=O) groups is 3. The van der Waals surface area contributed by atoms with Gasteiger partial charge in [0.15, 0.2) is 18.1 Å². The van der Waals surface area contributed by atoms with Gasteiger partial charge in [-0.2, -0.15) is 5.10 Å². The van der Waals surface area contributed by atoms with E-state index >= 15 is 0 Å². The Morgan fingerprint density at radius 2 is 1.62 bits per heavy atom. The first kappa shape index (κ1) is 27.4. The second-order valence-corrected chi connectivity index (χ2v) is 9.04. The third-order valence-corrected chi connectivity index (χ3v) is 5.81. The Morgan fingerprint density at radius 1 is 0.892 bits per heavy atom. The molecule has 0 fully saturated rings. The summed E-state index contributed by atoms with van der Waals surface area (Å²) in [5.74, 6) is -1.32. The fourth-order valence-corrected chi connectivity index (χ4v) is 3.85. The molecule has 0 heterocycles. The molecule has 3 amide bonds. The molecule has 10 heteroatoms. The normalized spacial score (nSPS) is 10.6. The Kier molecular flexibility index (Phi) is 9.39. The molecular weight excluding hydrogens is 540 g/mol. The lowest BCUT2D eigenvalue weighted by molar-refractivity contribution is -0.136. The molecular formula is C27H27BrN4O5. The predicted octanol–water partition coefficient (Wildman–Crippen LogP) is 4.49. The summed E-state index contributed by atoms with van der Waals surface area (Å²) in [5.41, 5.74) is 6.68. The highest BCUT2D eigenvalue weighted by molar-refractivity contribution is 9.10. The number of rotatable bonds is 8. The zero-order valence-electron chi connectivity index (χ0n) is 20.8. The molecule has 0 atom stereocenters. The minimum absolute atomic E-state index is 0.217. The van der Waals surface area contributed by atoms with Crippen LogP contribution in [0.25, 0.3) is 0 Å². The second-order valence-electron chi connectivity index (χ2n) is 8.13. The zero-order chi connectivity index (χ0) is 26.9. The predicted molar refractivity (Wildman–Crippen MR) is 146 cm³/mol. The van der Waals surface area contributed by atoms with E-state index in [0.717, 1.165) is 21.2 Å². The van der Waals surface area contributed by atoms with Gasteiger partial charge >= 0.3 is 11.8 Å². The fourth-order valence-electron chi connectivity index (χ4n) is 3.38. The summed E-state index contributed by atoms with van der Waals surface area (Å²) < 4.78 is 11.9. The first-order chi connectivity index (χ1) is 17.7. The van der Waals surface area contributed by atoms with E-state index in [2.05, 4.69) is 37.1 Å². The van der Waals surface area contributed by atoms with Crippen LogP contribution in [0.15, 0.2) is 64.2 Å². The third-order valence-electron chi connectivity index (χ3n) is 5.31. The van der Waals surface area contributed by atoms with Crippen LogP contribution in [0.4, 0.5) is 11.4 Å². The molecule has 3 rings (SSSR count). The monoisotopic (exact) mass is 566 g/mol. The average Bonchev–Trinajstić information content (AvgIpc) is 2.86. The van der Waals surface area contributed by atoms with Crippen molar-refractivity contribution < 1.29 is 23.9 Å². The van der Waals surface area contributed by atoms with Crippen LogP contribution in [0, 0.1) is 20.8 Å². The maximum Gasteiger partial charge on any atom is 0.329 e. The first-order valence-corrected chi connectivity index (χ1v) is 12.0. The molecule has 3 aromatic carbocycles. The van der Waals surface area contributed by atoms with Gasteiger partial charge in [-0.25, -0.2) is 5.43 Å². The number of aryl methyl sites for hydroxylation is 3. The summed E-state index contributed by atoms with van der Waals surface area (Å²) in [5, 5.41) is 9.25. The van der Waals surface area contributed by atoms with Gasteiger partial charge in [-0.15, -0.1) is 0 Å². The van der Waals surface area contributed by atoms with Crippen molar-refractivity contribution in [2.75, 3.05) is 24.4 Å². The van der Waals surface area contributed by atoms with Crippen molar-refractivity contribution in [2.45, 2.75) is 20.8 Å². The smallest absolute Gasteiger partial charge is 0.329 e. The molecule has 0 spiro atoms.